The van der Waals surface area contributed by atoms with E-state index in [0.29, 0.717) is 0 Å². The Labute approximate surface area is 365 Å². The van der Waals surface area contributed by atoms with Crippen molar-refractivity contribution in [3.63, 3.8) is 0 Å². The second-order valence-corrected chi connectivity index (χ2v) is 21.9. The Morgan fingerprint density at radius 3 is 2.27 bits per heavy atom. The number of hydrogen-bond acceptors (Lipinski definition) is 3. The number of nitrogens with zero attached hydrogens (tertiary/aromatic N) is 2. The topological polar surface area (TPSA) is 6.48 Å². The fourth-order valence-corrected chi connectivity index (χ4v) is 12.0. The lowest BCUT2D eigenvalue weighted by atomic mass is 9.36. The molecule has 306 valence electrons. The average molecular weight is 807 g/mol. The third kappa shape index (κ3) is 6.60. The molecule has 0 saturated carbocycles. The predicted molar refractivity (Wildman–Crippen MR) is 266 cm³/mol. The molecule has 0 fully saturated rings. The van der Waals surface area contributed by atoms with Crippen LogP contribution in [0.15, 0.2) is 109 Å². The van der Waals surface area contributed by atoms with Crippen molar-refractivity contribution in [3.05, 3.63) is 142 Å². The fourth-order valence-electron chi connectivity index (χ4n) is 10.7. The monoisotopic (exact) mass is 806 g/mol. The zero-order valence-corrected chi connectivity index (χ0v) is 39.2. The van der Waals surface area contributed by atoms with E-state index in [0.717, 1.165) is 0 Å². The first-order valence-corrected chi connectivity index (χ1v) is 23.2. The smallest absolute Gasteiger partial charge is 0.264 e. The quantitative estimate of drug-likeness (QED) is 0.126. The van der Waals surface area contributed by atoms with Gasteiger partial charge < -0.3 is 9.80 Å². The largest absolute Gasteiger partial charge is 0.334 e. The average Bonchev–Trinajstić information content (AvgIpc) is 3.54. The van der Waals surface area contributed by atoms with Crippen LogP contribution < -0.4 is 25.5 Å². The van der Waals surface area contributed by atoms with Crippen molar-refractivity contribution in [2.24, 2.45) is 5.41 Å². The van der Waals surface area contributed by atoms with Gasteiger partial charge in [-0.1, -0.05) is 122 Å². The first-order valence-electron chi connectivity index (χ1n) is 22.4. The third-order valence-corrected chi connectivity index (χ3v) is 15.2. The number of benzene rings is 5. The number of anilines is 5. The molecule has 0 saturated heterocycles. The van der Waals surface area contributed by atoms with Crippen molar-refractivity contribution in [1.29, 1.82) is 0 Å². The predicted octanol–water partition coefficient (Wildman–Crippen LogP) is 14.1. The highest BCUT2D eigenvalue weighted by Crippen LogP contribution is 2.49. The molecule has 2 nitrogen and oxygen atoms in total. The van der Waals surface area contributed by atoms with Gasteiger partial charge in [0.05, 0.1) is 5.69 Å². The van der Waals surface area contributed by atoms with Crippen molar-refractivity contribution in [1.82, 2.24) is 0 Å². The third-order valence-electron chi connectivity index (χ3n) is 13.9. The van der Waals surface area contributed by atoms with Crippen LogP contribution in [0, 0.1) is 26.2 Å². The molecule has 1 aliphatic carbocycles. The van der Waals surface area contributed by atoms with Gasteiger partial charge in [0.1, 0.15) is 0 Å². The molecule has 1 atom stereocenters. The van der Waals surface area contributed by atoms with Gasteiger partial charge in [0.2, 0.25) is 0 Å². The zero-order chi connectivity index (χ0) is 42.6. The van der Waals surface area contributed by atoms with Gasteiger partial charge in [-0.15, -0.1) is 11.3 Å². The van der Waals surface area contributed by atoms with Crippen LogP contribution in [0.1, 0.15) is 115 Å². The molecule has 1 unspecified atom stereocenters. The molecule has 3 aliphatic rings. The van der Waals surface area contributed by atoms with Crippen LogP contribution in [0.5, 0.6) is 0 Å². The SMILES string of the molecule is C/C=C(\C=C/C(C)N1c2cc(C)cc3c2B(c2ccc(-c4ccccc4C)cc2N3c2ccc(C(C)(C)C)cc2C)c2sc3cc4c(cc3c21)C(C)(C)CCC4)C(C)(C)C. The Morgan fingerprint density at radius 2 is 1.57 bits per heavy atom. The molecule has 0 N–H and O–H groups in total. The van der Waals surface area contributed by atoms with E-state index >= 15 is 0 Å². The van der Waals surface area contributed by atoms with Crippen LogP contribution in [0.2, 0.25) is 0 Å². The molecule has 5 aromatic carbocycles. The van der Waals surface area contributed by atoms with E-state index in [2.05, 4.69) is 203 Å². The molecule has 0 spiro atoms. The van der Waals surface area contributed by atoms with E-state index < -0.39 is 0 Å². The molecular weight excluding hydrogens is 744 g/mol. The Hall–Kier alpha value is -4.80. The summed E-state index contributed by atoms with van der Waals surface area (Å²) >= 11 is 2.05. The highest BCUT2D eigenvalue weighted by molar-refractivity contribution is 7.33. The first-order chi connectivity index (χ1) is 28.4. The summed E-state index contributed by atoms with van der Waals surface area (Å²) in [6, 6.07) is 33.7. The lowest BCUT2D eigenvalue weighted by Gasteiger charge is -2.45. The summed E-state index contributed by atoms with van der Waals surface area (Å²) in [6.45, 7) is 30.4. The molecule has 4 heteroatoms. The Bertz CT molecular complexity index is 2760. The molecule has 1 aromatic heterocycles. The van der Waals surface area contributed by atoms with E-state index in [1.165, 1.54) is 118 Å². The number of allylic oxidation sites excluding steroid dienone is 3. The van der Waals surface area contributed by atoms with Crippen LogP contribution in [-0.2, 0) is 17.3 Å². The summed E-state index contributed by atoms with van der Waals surface area (Å²) in [5, 5.41) is 1.41. The van der Waals surface area contributed by atoms with E-state index in [1.807, 2.05) is 11.3 Å². The fraction of sp³-hybridized carbons (Fsp3) is 0.357. The maximum Gasteiger partial charge on any atom is 0.264 e. The van der Waals surface area contributed by atoms with Gasteiger partial charge >= 0.3 is 0 Å². The number of thiophene rings is 1. The summed E-state index contributed by atoms with van der Waals surface area (Å²) in [6.07, 6.45) is 10.8. The summed E-state index contributed by atoms with van der Waals surface area (Å²) < 4.78 is 2.89. The molecule has 60 heavy (non-hydrogen) atoms. The van der Waals surface area contributed by atoms with Crippen molar-refractivity contribution in [2.75, 3.05) is 9.80 Å². The van der Waals surface area contributed by atoms with Crippen molar-refractivity contribution < 1.29 is 0 Å². The Morgan fingerprint density at radius 1 is 0.817 bits per heavy atom. The maximum atomic E-state index is 2.73. The second kappa shape index (κ2) is 14.4. The van der Waals surface area contributed by atoms with Gasteiger partial charge in [0.15, 0.2) is 0 Å². The molecular formula is C56H63BN2S. The standard InChI is InChI=1S/C56H63BN2S/c1-14-40(54(6,7)8)23-21-37(5)58-48-28-34(2)29-49-51(48)57(53-52(58)43-33-44-39(32-50(43)60-53)19-17-27-56(44,12)13)45-25-22-38(42-20-16-15-18-35(42)3)31-47(45)59(49)46-26-24-41(30-36(46)4)55(9,10)11/h14-16,18,20-26,28-33,37H,17,19,27H2,1-13H3/b23-21-,40-14+. The van der Waals surface area contributed by atoms with Gasteiger partial charge in [-0.05, 0) is 168 Å². The summed E-state index contributed by atoms with van der Waals surface area (Å²) in [7, 11) is 0. The maximum absolute atomic E-state index is 2.73. The number of rotatable bonds is 5. The lowest BCUT2D eigenvalue weighted by Crippen LogP contribution is -2.61. The van der Waals surface area contributed by atoms with Gasteiger partial charge in [-0.25, -0.2) is 0 Å². The van der Waals surface area contributed by atoms with Crippen molar-refractivity contribution in [2.45, 2.75) is 126 Å². The molecule has 0 bridgehead atoms. The summed E-state index contributed by atoms with van der Waals surface area (Å²) in [5.74, 6) is 0. The van der Waals surface area contributed by atoms with E-state index in [1.54, 1.807) is 5.56 Å². The highest BCUT2D eigenvalue weighted by atomic mass is 32.1. The number of aryl methyl sites for hydroxylation is 4. The summed E-state index contributed by atoms with van der Waals surface area (Å²) in [5.41, 5.74) is 21.9. The second-order valence-electron chi connectivity index (χ2n) is 20.8. The van der Waals surface area contributed by atoms with E-state index in [-0.39, 0.29) is 29.0 Å². The molecule has 0 radical (unpaired) electrons. The van der Waals surface area contributed by atoms with E-state index in [4.69, 9.17) is 0 Å². The van der Waals surface area contributed by atoms with Crippen molar-refractivity contribution in [3.8, 4) is 11.1 Å². The van der Waals surface area contributed by atoms with Gasteiger partial charge in [0.25, 0.3) is 6.71 Å². The van der Waals surface area contributed by atoms with E-state index in [9.17, 15) is 0 Å². The van der Waals surface area contributed by atoms with Crippen molar-refractivity contribution >= 4 is 72.3 Å². The highest BCUT2D eigenvalue weighted by Gasteiger charge is 2.46. The Balaban J connectivity index is 1.36. The Kier molecular flexibility index (Phi) is 9.75. The van der Waals surface area contributed by atoms with Gasteiger partial charge in [0, 0.05) is 43.7 Å². The lowest BCUT2D eigenvalue weighted by molar-refractivity contribution is 0.432. The number of fused-ring (bicyclic) bond motifs is 7. The summed E-state index contributed by atoms with van der Waals surface area (Å²) in [4.78, 5) is 5.35. The zero-order valence-electron chi connectivity index (χ0n) is 38.4. The molecule has 6 aromatic rings. The van der Waals surface area contributed by atoms with Gasteiger partial charge in [-0.3, -0.25) is 0 Å². The normalized spacial score (nSPS) is 16.6. The van der Waals surface area contributed by atoms with Crippen LogP contribution in [0.4, 0.5) is 28.4 Å². The van der Waals surface area contributed by atoms with Gasteiger partial charge in [-0.2, -0.15) is 0 Å². The molecule has 9 rings (SSSR count). The van der Waals surface area contributed by atoms with Crippen LogP contribution >= 0.6 is 11.3 Å². The van der Waals surface area contributed by atoms with Crippen LogP contribution in [0.3, 0.4) is 0 Å². The molecule has 3 heterocycles. The minimum Gasteiger partial charge on any atom is -0.334 e. The first kappa shape index (κ1) is 40.6. The molecule has 2 aliphatic heterocycles. The minimum absolute atomic E-state index is 0.0602. The van der Waals surface area contributed by atoms with Crippen LogP contribution in [-0.4, -0.2) is 12.8 Å². The minimum atomic E-state index is 0.0602. The van der Waals surface area contributed by atoms with Crippen LogP contribution in [0.25, 0.3) is 21.2 Å². The number of hydrogen-bond donors (Lipinski definition) is 0. The molecule has 0 amide bonds.